The molecule has 5 nitrogen and oxygen atoms in total. The van der Waals surface area contributed by atoms with Crippen molar-refractivity contribution in [1.29, 1.82) is 0 Å². The van der Waals surface area contributed by atoms with Crippen LogP contribution in [-0.2, 0) is 19.4 Å². The summed E-state index contributed by atoms with van der Waals surface area (Å²) in [5.41, 5.74) is 14.1. The summed E-state index contributed by atoms with van der Waals surface area (Å²) in [6, 6.07) is 24.8. The second kappa shape index (κ2) is 11.8. The number of aryl methyl sites for hydroxylation is 1. The van der Waals surface area contributed by atoms with Crippen molar-refractivity contribution >= 4 is 5.91 Å². The number of rotatable bonds is 11. The average molecular weight is 497 g/mol. The number of primary amides is 1. The molecule has 1 amide bonds. The molecule has 3 aromatic carbocycles. The Labute approximate surface area is 219 Å². The van der Waals surface area contributed by atoms with Crippen molar-refractivity contribution in [3.05, 3.63) is 95.3 Å². The Balaban J connectivity index is 1.74. The number of benzene rings is 3. The first-order valence-corrected chi connectivity index (χ1v) is 12.9. The Bertz CT molecular complexity index is 1360. The van der Waals surface area contributed by atoms with Crippen LogP contribution in [0, 0.1) is 6.92 Å². The van der Waals surface area contributed by atoms with E-state index in [0.717, 1.165) is 60.2 Å². The van der Waals surface area contributed by atoms with E-state index < -0.39 is 0 Å². The van der Waals surface area contributed by atoms with E-state index in [-0.39, 0.29) is 5.91 Å². The number of carbonyl (C=O) groups excluding carboxylic acids is 1. The van der Waals surface area contributed by atoms with Gasteiger partial charge < -0.3 is 19.8 Å². The number of amides is 1. The van der Waals surface area contributed by atoms with E-state index >= 15 is 0 Å². The Morgan fingerprint density at radius 1 is 0.838 bits per heavy atom. The van der Waals surface area contributed by atoms with Crippen molar-refractivity contribution in [3.8, 4) is 33.8 Å². The van der Waals surface area contributed by atoms with Crippen molar-refractivity contribution in [3.63, 3.8) is 0 Å². The largest absolute Gasteiger partial charge is 0.493 e. The molecular weight excluding hydrogens is 460 g/mol. The molecule has 192 valence electrons. The highest BCUT2D eigenvalue weighted by atomic mass is 16.5. The number of ether oxygens (including phenoxy) is 2. The molecule has 0 atom stereocenters. The minimum absolute atomic E-state index is 0.387. The Kier molecular flexibility index (Phi) is 8.34. The highest BCUT2D eigenvalue weighted by molar-refractivity contribution is 6.02. The molecule has 1 heterocycles. The van der Waals surface area contributed by atoms with Crippen LogP contribution in [0.3, 0.4) is 0 Å². The summed E-state index contributed by atoms with van der Waals surface area (Å²) in [6.07, 6.45) is 3.78. The van der Waals surface area contributed by atoms with Crippen LogP contribution in [0.25, 0.3) is 22.3 Å². The molecule has 0 saturated carbocycles. The van der Waals surface area contributed by atoms with Crippen molar-refractivity contribution in [2.75, 3.05) is 14.2 Å². The van der Waals surface area contributed by atoms with Crippen LogP contribution < -0.4 is 15.2 Å². The zero-order valence-corrected chi connectivity index (χ0v) is 22.2. The zero-order valence-electron chi connectivity index (χ0n) is 22.2. The third-order valence-electron chi connectivity index (χ3n) is 7.00. The van der Waals surface area contributed by atoms with Gasteiger partial charge >= 0.3 is 0 Å². The van der Waals surface area contributed by atoms with E-state index in [1.54, 1.807) is 14.2 Å². The van der Waals surface area contributed by atoms with Crippen LogP contribution in [0.5, 0.6) is 11.5 Å². The normalized spacial score (nSPS) is 10.9. The minimum atomic E-state index is -0.387. The Morgan fingerprint density at radius 3 is 2.11 bits per heavy atom. The van der Waals surface area contributed by atoms with Gasteiger partial charge in [-0.3, -0.25) is 4.79 Å². The van der Waals surface area contributed by atoms with Gasteiger partial charge in [0.1, 0.15) is 0 Å². The highest BCUT2D eigenvalue weighted by Gasteiger charge is 2.24. The molecular formula is C32H36N2O3. The average Bonchev–Trinajstić information content (AvgIpc) is 3.22. The summed E-state index contributed by atoms with van der Waals surface area (Å²) in [7, 11) is 3.29. The molecule has 5 heteroatoms. The van der Waals surface area contributed by atoms with Gasteiger partial charge in [-0.05, 0) is 60.6 Å². The lowest BCUT2D eigenvalue weighted by atomic mass is 9.95. The summed E-state index contributed by atoms with van der Waals surface area (Å²) in [4.78, 5) is 12.8. The molecule has 0 bridgehead atoms. The lowest BCUT2D eigenvalue weighted by Crippen LogP contribution is -2.14. The van der Waals surface area contributed by atoms with Crippen molar-refractivity contribution in [1.82, 2.24) is 4.57 Å². The third-order valence-corrected chi connectivity index (χ3v) is 7.00. The molecule has 0 aliphatic rings. The number of nitrogens with two attached hydrogens (primary N) is 1. The quantitative estimate of drug-likeness (QED) is 0.247. The summed E-state index contributed by atoms with van der Waals surface area (Å²) in [5.74, 6) is 1.04. The molecule has 4 aromatic rings. The maximum Gasteiger partial charge on any atom is 0.251 e. The van der Waals surface area contributed by atoms with Gasteiger partial charge in [0.05, 0.1) is 19.8 Å². The number of hydrogen-bond acceptors (Lipinski definition) is 3. The number of unbranched alkanes of at least 4 members (excludes halogenated alkanes) is 1. The maximum atomic E-state index is 12.8. The van der Waals surface area contributed by atoms with E-state index in [4.69, 9.17) is 15.2 Å². The van der Waals surface area contributed by atoms with Gasteiger partial charge in [-0.1, -0.05) is 74.0 Å². The lowest BCUT2D eigenvalue weighted by molar-refractivity contribution is 0.1000. The molecule has 0 fully saturated rings. The van der Waals surface area contributed by atoms with Crippen LogP contribution in [0.4, 0.5) is 0 Å². The van der Waals surface area contributed by atoms with E-state index in [9.17, 15) is 4.79 Å². The first-order chi connectivity index (χ1) is 18.0. The van der Waals surface area contributed by atoms with Gasteiger partial charge in [0.25, 0.3) is 5.91 Å². The van der Waals surface area contributed by atoms with Crippen LogP contribution in [0.15, 0.2) is 72.8 Å². The SMILES string of the molecule is CCCCc1c(-c2ccc(-c3ccccc3)cc2)c(C(N)=O)c(C)n1CCc1ccc(OC)c(OC)c1. The number of aromatic nitrogens is 1. The Morgan fingerprint density at radius 2 is 1.49 bits per heavy atom. The van der Waals surface area contributed by atoms with Crippen LogP contribution in [0.2, 0.25) is 0 Å². The minimum Gasteiger partial charge on any atom is -0.493 e. The summed E-state index contributed by atoms with van der Waals surface area (Å²) >= 11 is 0. The number of nitrogens with zero attached hydrogens (tertiary/aromatic N) is 1. The number of methoxy groups -OCH3 is 2. The predicted octanol–water partition coefficient (Wildman–Crippen LogP) is 6.83. The zero-order chi connectivity index (χ0) is 26.4. The van der Waals surface area contributed by atoms with E-state index in [1.165, 1.54) is 11.3 Å². The summed E-state index contributed by atoms with van der Waals surface area (Å²) in [5, 5.41) is 0. The van der Waals surface area contributed by atoms with Gasteiger partial charge in [-0.2, -0.15) is 0 Å². The Hall–Kier alpha value is -3.99. The third kappa shape index (κ3) is 5.56. The topological polar surface area (TPSA) is 66.5 Å². The fraction of sp³-hybridized carbons (Fsp3) is 0.281. The number of hydrogen-bond donors (Lipinski definition) is 1. The smallest absolute Gasteiger partial charge is 0.251 e. The van der Waals surface area contributed by atoms with Gasteiger partial charge in [0, 0.05) is 23.5 Å². The molecule has 2 N–H and O–H groups in total. The lowest BCUT2D eigenvalue weighted by Gasteiger charge is -2.15. The molecule has 0 spiro atoms. The fourth-order valence-corrected chi connectivity index (χ4v) is 5.05. The molecule has 4 rings (SSSR count). The molecule has 0 aliphatic carbocycles. The molecule has 0 aliphatic heterocycles. The van der Waals surface area contributed by atoms with Crippen molar-refractivity contribution < 1.29 is 14.3 Å². The van der Waals surface area contributed by atoms with Crippen molar-refractivity contribution in [2.45, 2.75) is 46.1 Å². The summed E-state index contributed by atoms with van der Waals surface area (Å²) < 4.78 is 13.2. The van der Waals surface area contributed by atoms with Gasteiger partial charge in [0.15, 0.2) is 11.5 Å². The second-order valence-corrected chi connectivity index (χ2v) is 9.28. The van der Waals surface area contributed by atoms with E-state index in [1.807, 2.05) is 37.3 Å². The van der Waals surface area contributed by atoms with Gasteiger partial charge in [0.2, 0.25) is 0 Å². The second-order valence-electron chi connectivity index (χ2n) is 9.28. The number of carbonyl (C=O) groups is 1. The van der Waals surface area contributed by atoms with Crippen LogP contribution in [0.1, 0.15) is 47.1 Å². The van der Waals surface area contributed by atoms with Crippen LogP contribution >= 0.6 is 0 Å². The molecule has 0 radical (unpaired) electrons. The monoisotopic (exact) mass is 496 g/mol. The fourth-order valence-electron chi connectivity index (χ4n) is 5.05. The van der Waals surface area contributed by atoms with Crippen molar-refractivity contribution in [2.24, 2.45) is 5.73 Å². The van der Waals surface area contributed by atoms with Gasteiger partial charge in [-0.15, -0.1) is 0 Å². The van der Waals surface area contributed by atoms with Crippen LogP contribution in [-0.4, -0.2) is 24.7 Å². The van der Waals surface area contributed by atoms with Gasteiger partial charge in [-0.25, -0.2) is 0 Å². The standard InChI is InChI=1S/C32H36N2O3/c1-5-6-12-27-31(26-16-14-25(15-17-26)24-10-8-7-9-11-24)30(32(33)35)22(2)34(27)20-19-23-13-18-28(36-3)29(21-23)37-4/h7-11,13-18,21H,5-6,12,19-20H2,1-4H3,(H2,33,35). The predicted molar refractivity (Wildman–Crippen MR) is 150 cm³/mol. The first kappa shape index (κ1) is 26.1. The molecule has 0 saturated heterocycles. The van der Waals surface area contributed by atoms with E-state index in [2.05, 4.69) is 54.0 Å². The molecule has 37 heavy (non-hydrogen) atoms. The highest BCUT2D eigenvalue weighted by Crippen LogP contribution is 2.36. The molecule has 0 unspecified atom stereocenters. The molecule has 1 aromatic heterocycles. The maximum absolute atomic E-state index is 12.8. The summed E-state index contributed by atoms with van der Waals surface area (Å²) in [6.45, 7) is 4.93. The van der Waals surface area contributed by atoms with E-state index in [0.29, 0.717) is 17.1 Å². The first-order valence-electron chi connectivity index (χ1n) is 12.9.